The molecule has 2 heterocycles. The number of carbonyl (C=O) groups excluding carboxylic acids is 2. The van der Waals surface area contributed by atoms with Gasteiger partial charge in [0.15, 0.2) is 0 Å². The monoisotopic (exact) mass is 428 g/mol. The van der Waals surface area contributed by atoms with Crippen molar-refractivity contribution in [2.24, 2.45) is 10.5 Å². The molecule has 2 amide bonds. The molecule has 0 atom stereocenters. The lowest BCUT2D eigenvalue weighted by atomic mass is 9.69. The minimum atomic E-state index is -0.707. The van der Waals surface area contributed by atoms with E-state index < -0.39 is 11.2 Å². The minimum Gasteiger partial charge on any atom is -0.348 e. The van der Waals surface area contributed by atoms with E-state index in [1.807, 2.05) is 19.9 Å². The summed E-state index contributed by atoms with van der Waals surface area (Å²) in [5, 5.41) is 8.89. The van der Waals surface area contributed by atoms with Gasteiger partial charge in [-0.05, 0) is 69.4 Å². The second-order valence-corrected chi connectivity index (χ2v) is 8.36. The number of halogens is 2. The Hall–Kier alpha value is -2.80. The van der Waals surface area contributed by atoms with Gasteiger partial charge in [0.25, 0.3) is 11.8 Å². The van der Waals surface area contributed by atoms with Crippen molar-refractivity contribution < 1.29 is 14.0 Å². The van der Waals surface area contributed by atoms with Crippen molar-refractivity contribution in [3.63, 3.8) is 0 Å². The number of pyridine rings is 1. The first-order valence-corrected chi connectivity index (χ1v) is 10.3. The van der Waals surface area contributed by atoms with Crippen LogP contribution in [0.4, 0.5) is 10.1 Å². The van der Waals surface area contributed by atoms with Crippen LogP contribution in [0.15, 0.2) is 41.6 Å². The molecule has 0 radical (unpaired) electrons. The Labute approximate surface area is 179 Å². The van der Waals surface area contributed by atoms with Crippen molar-refractivity contribution in [2.45, 2.75) is 45.6 Å². The Morgan fingerprint density at radius 3 is 2.60 bits per heavy atom. The number of nitrogens with one attached hydrogen (secondary N) is 1. The first-order valence-electron chi connectivity index (χ1n) is 9.89. The van der Waals surface area contributed by atoms with E-state index in [-0.39, 0.29) is 22.9 Å². The van der Waals surface area contributed by atoms with Crippen LogP contribution in [0.2, 0.25) is 5.02 Å². The van der Waals surface area contributed by atoms with E-state index in [1.54, 1.807) is 12.3 Å². The number of aryl methyl sites for hydroxylation is 1. The minimum absolute atomic E-state index is 0.0321. The number of nitrogens with zero attached hydrogens (tertiary/aromatic N) is 3. The van der Waals surface area contributed by atoms with Gasteiger partial charge in [0.05, 0.1) is 21.8 Å². The first-order chi connectivity index (χ1) is 14.3. The number of aromatic nitrogens is 1. The second-order valence-electron chi connectivity index (χ2n) is 7.95. The zero-order valence-corrected chi connectivity index (χ0v) is 17.5. The zero-order valence-electron chi connectivity index (χ0n) is 16.8. The Morgan fingerprint density at radius 2 is 1.97 bits per heavy atom. The fraction of sp³-hybridized carbons (Fsp3) is 0.364. The fourth-order valence-electron chi connectivity index (χ4n) is 4.16. The summed E-state index contributed by atoms with van der Waals surface area (Å²) in [5.41, 5.74) is 1.76. The molecule has 1 spiro atoms. The molecule has 2 aliphatic rings. The summed E-state index contributed by atoms with van der Waals surface area (Å²) >= 11 is 6.14. The Balaban J connectivity index is 1.44. The van der Waals surface area contributed by atoms with Crippen molar-refractivity contribution >= 4 is 34.8 Å². The van der Waals surface area contributed by atoms with Crippen molar-refractivity contribution in [3.8, 4) is 0 Å². The normalized spacial score (nSPS) is 23.6. The fourth-order valence-corrected chi connectivity index (χ4v) is 4.40. The lowest BCUT2D eigenvalue weighted by Crippen LogP contribution is -2.47. The molecule has 1 aliphatic heterocycles. The van der Waals surface area contributed by atoms with Crippen molar-refractivity contribution in [2.75, 3.05) is 5.01 Å². The molecule has 30 heavy (non-hydrogen) atoms. The molecule has 0 bridgehead atoms. The highest BCUT2D eigenvalue weighted by Crippen LogP contribution is 2.45. The molecule has 8 heteroatoms. The summed E-state index contributed by atoms with van der Waals surface area (Å²) in [7, 11) is 0. The summed E-state index contributed by atoms with van der Waals surface area (Å²) in [6.45, 7) is 3.75. The van der Waals surface area contributed by atoms with E-state index in [1.165, 1.54) is 23.2 Å². The molecule has 2 aromatic rings. The van der Waals surface area contributed by atoms with Crippen LogP contribution in [0.1, 0.15) is 48.7 Å². The number of hydrogen-bond acceptors (Lipinski definition) is 4. The lowest BCUT2D eigenvalue weighted by molar-refractivity contribution is -0.125. The number of benzene rings is 1. The number of amides is 2. The molecule has 0 unspecified atom stereocenters. The van der Waals surface area contributed by atoms with E-state index in [2.05, 4.69) is 15.4 Å². The molecular formula is C22H22ClFN4O2. The van der Waals surface area contributed by atoms with Crippen LogP contribution < -0.4 is 10.3 Å². The quantitative estimate of drug-likeness (QED) is 0.793. The standard InChI is InChI=1S/C22H22ClFN4O2/c1-13-3-5-18(25-12-13)20(29)26-16-7-9-22(10-8-16)14(2)27-28(21(22)30)19-6-4-15(24)11-17(19)23/h3-6,11-12,16H,7-10H2,1-2H3,(H,26,29). The predicted molar refractivity (Wildman–Crippen MR) is 113 cm³/mol. The van der Waals surface area contributed by atoms with E-state index >= 15 is 0 Å². The Morgan fingerprint density at radius 1 is 1.23 bits per heavy atom. The van der Waals surface area contributed by atoms with Gasteiger partial charge in [0, 0.05) is 12.2 Å². The van der Waals surface area contributed by atoms with Crippen molar-refractivity contribution in [1.82, 2.24) is 10.3 Å². The topological polar surface area (TPSA) is 74.7 Å². The van der Waals surface area contributed by atoms with Gasteiger partial charge in [0.1, 0.15) is 11.5 Å². The average Bonchev–Trinajstić information content (AvgIpc) is 2.95. The summed E-state index contributed by atoms with van der Waals surface area (Å²) in [6.07, 6.45) is 4.12. The molecule has 1 aromatic carbocycles. The largest absolute Gasteiger partial charge is 0.348 e. The van der Waals surface area contributed by atoms with Crippen LogP contribution in [0.5, 0.6) is 0 Å². The maximum atomic E-state index is 13.4. The molecule has 1 aromatic heterocycles. The maximum absolute atomic E-state index is 13.4. The van der Waals surface area contributed by atoms with Gasteiger partial charge >= 0.3 is 0 Å². The van der Waals surface area contributed by atoms with Gasteiger partial charge in [-0.2, -0.15) is 10.1 Å². The molecule has 1 saturated carbocycles. The molecule has 4 rings (SSSR count). The highest BCUT2D eigenvalue weighted by molar-refractivity contribution is 6.34. The molecule has 1 fully saturated rings. The van der Waals surface area contributed by atoms with Gasteiger partial charge in [-0.15, -0.1) is 0 Å². The van der Waals surface area contributed by atoms with Gasteiger partial charge in [-0.3, -0.25) is 14.6 Å². The van der Waals surface area contributed by atoms with Crippen LogP contribution in [-0.4, -0.2) is 28.6 Å². The van der Waals surface area contributed by atoms with E-state index in [4.69, 9.17) is 11.6 Å². The van der Waals surface area contributed by atoms with E-state index in [0.29, 0.717) is 37.1 Å². The maximum Gasteiger partial charge on any atom is 0.270 e. The summed E-state index contributed by atoms with van der Waals surface area (Å²) in [4.78, 5) is 29.9. The summed E-state index contributed by atoms with van der Waals surface area (Å²) in [5.74, 6) is -0.831. The molecular weight excluding hydrogens is 407 g/mol. The zero-order chi connectivity index (χ0) is 21.5. The van der Waals surface area contributed by atoms with Crippen molar-refractivity contribution in [1.29, 1.82) is 0 Å². The van der Waals surface area contributed by atoms with Crippen LogP contribution in [0.25, 0.3) is 0 Å². The van der Waals surface area contributed by atoms with Gasteiger partial charge in [0.2, 0.25) is 0 Å². The number of rotatable bonds is 3. The molecule has 156 valence electrons. The van der Waals surface area contributed by atoms with E-state index in [0.717, 1.165) is 11.3 Å². The third kappa shape index (κ3) is 3.58. The molecule has 0 saturated heterocycles. The highest BCUT2D eigenvalue weighted by Gasteiger charge is 2.51. The van der Waals surface area contributed by atoms with Crippen LogP contribution in [0.3, 0.4) is 0 Å². The molecule has 6 nitrogen and oxygen atoms in total. The summed E-state index contributed by atoms with van der Waals surface area (Å²) in [6, 6.07) is 7.42. The van der Waals surface area contributed by atoms with Gasteiger partial charge in [-0.25, -0.2) is 4.39 Å². The number of anilines is 1. The third-order valence-electron chi connectivity index (χ3n) is 6.00. The van der Waals surface area contributed by atoms with Crippen molar-refractivity contribution in [3.05, 3.63) is 58.6 Å². The van der Waals surface area contributed by atoms with Crippen LogP contribution >= 0.6 is 11.6 Å². The second kappa shape index (κ2) is 7.80. The SMILES string of the molecule is CC1=NN(c2ccc(F)cc2Cl)C(=O)C12CCC(NC(=O)c1ccc(C)cn1)CC2. The Kier molecular flexibility index (Phi) is 5.32. The van der Waals surface area contributed by atoms with E-state index in [9.17, 15) is 14.0 Å². The number of carbonyl (C=O) groups is 2. The Bertz CT molecular complexity index is 1030. The third-order valence-corrected chi connectivity index (χ3v) is 6.30. The van der Waals surface area contributed by atoms with Crippen LogP contribution in [0, 0.1) is 18.2 Å². The number of hydrazone groups is 1. The highest BCUT2D eigenvalue weighted by atomic mass is 35.5. The van der Waals surface area contributed by atoms with Gasteiger partial charge < -0.3 is 5.32 Å². The smallest absolute Gasteiger partial charge is 0.270 e. The average molecular weight is 429 g/mol. The van der Waals surface area contributed by atoms with Gasteiger partial charge in [-0.1, -0.05) is 17.7 Å². The molecule has 1 N–H and O–H groups in total. The number of hydrogen-bond donors (Lipinski definition) is 1. The first kappa shape index (κ1) is 20.5. The summed E-state index contributed by atoms with van der Waals surface area (Å²) < 4.78 is 13.4. The predicted octanol–water partition coefficient (Wildman–Crippen LogP) is 4.26. The van der Waals surface area contributed by atoms with Crippen LogP contribution in [-0.2, 0) is 4.79 Å². The lowest BCUT2D eigenvalue weighted by Gasteiger charge is -2.36. The molecule has 1 aliphatic carbocycles.